The highest BCUT2D eigenvalue weighted by molar-refractivity contribution is 6.32. The smallest absolute Gasteiger partial charge is 0.269 e. The molecule has 1 amide bonds. The van der Waals surface area contributed by atoms with Gasteiger partial charge in [-0.25, -0.2) is 24.3 Å². The molecule has 1 N–H and O–H groups in total. The van der Waals surface area contributed by atoms with Crippen LogP contribution in [-0.2, 0) is 9.53 Å². The van der Waals surface area contributed by atoms with Crippen LogP contribution < -0.4 is 10.1 Å². The molecule has 0 spiro atoms. The Morgan fingerprint density at radius 3 is 2.84 bits per heavy atom. The van der Waals surface area contributed by atoms with Gasteiger partial charge in [0.05, 0.1) is 24.0 Å². The van der Waals surface area contributed by atoms with Crippen molar-refractivity contribution < 1.29 is 18.7 Å². The maximum Gasteiger partial charge on any atom is 0.269 e. The lowest BCUT2D eigenvalue weighted by molar-refractivity contribution is -0.125. The predicted molar refractivity (Wildman–Crippen MR) is 113 cm³/mol. The fraction of sp³-hybridized carbons (Fsp3) is 0.200. The molecule has 4 heterocycles. The number of aromatic nitrogens is 6. The standard InChI is InChI=1S/C20H17ClFN7O3/c1-2-31-10-15(19(30)28-16-6-5-12(22)8-24-16)32-20-13-9-27-29(17(13)25-11-26-20)18-14(21)4-3-7-23-18/h3-9,11,15H,2,10H2,1H3,(H,24,28,30)/t15-/m0/s1. The predicted octanol–water partition coefficient (Wildman–Crippen LogP) is 2.82. The molecule has 0 aliphatic rings. The molecule has 10 nitrogen and oxygen atoms in total. The van der Waals surface area contributed by atoms with Gasteiger partial charge in [-0.15, -0.1) is 0 Å². The monoisotopic (exact) mass is 457 g/mol. The molecule has 4 aromatic heterocycles. The van der Waals surface area contributed by atoms with Gasteiger partial charge in [0.25, 0.3) is 5.91 Å². The lowest BCUT2D eigenvalue weighted by Gasteiger charge is -2.18. The van der Waals surface area contributed by atoms with Crippen LogP contribution in [0, 0.1) is 5.82 Å². The minimum Gasteiger partial charge on any atom is -0.461 e. The zero-order valence-electron chi connectivity index (χ0n) is 16.8. The van der Waals surface area contributed by atoms with Gasteiger partial charge in [-0.05, 0) is 31.2 Å². The van der Waals surface area contributed by atoms with Crippen LogP contribution in [0.3, 0.4) is 0 Å². The first-order valence-corrected chi connectivity index (χ1v) is 9.91. The molecule has 4 rings (SSSR count). The first-order chi connectivity index (χ1) is 15.6. The van der Waals surface area contributed by atoms with E-state index in [1.807, 2.05) is 0 Å². The Kier molecular flexibility index (Phi) is 6.47. The molecule has 12 heteroatoms. The molecule has 0 aliphatic heterocycles. The van der Waals surface area contributed by atoms with Gasteiger partial charge in [0.15, 0.2) is 11.5 Å². The van der Waals surface area contributed by atoms with Crippen LogP contribution in [0.5, 0.6) is 5.88 Å². The van der Waals surface area contributed by atoms with E-state index in [9.17, 15) is 9.18 Å². The normalized spacial score (nSPS) is 12.0. The van der Waals surface area contributed by atoms with E-state index in [4.69, 9.17) is 21.1 Å². The summed E-state index contributed by atoms with van der Waals surface area (Å²) >= 11 is 6.23. The molecule has 1 atom stereocenters. The van der Waals surface area contributed by atoms with Crippen molar-refractivity contribution in [1.82, 2.24) is 29.7 Å². The van der Waals surface area contributed by atoms with E-state index in [0.717, 1.165) is 6.20 Å². The number of carbonyl (C=O) groups excluding carboxylic acids is 1. The summed E-state index contributed by atoms with van der Waals surface area (Å²) in [6.07, 6.45) is 4.29. The first-order valence-electron chi connectivity index (χ1n) is 9.53. The van der Waals surface area contributed by atoms with Crippen LogP contribution in [0.4, 0.5) is 10.2 Å². The van der Waals surface area contributed by atoms with Gasteiger partial charge in [0.1, 0.15) is 23.3 Å². The summed E-state index contributed by atoms with van der Waals surface area (Å²) in [4.78, 5) is 29.2. The number of halogens is 2. The zero-order chi connectivity index (χ0) is 22.5. The second kappa shape index (κ2) is 9.62. The maximum absolute atomic E-state index is 13.1. The highest BCUT2D eigenvalue weighted by Crippen LogP contribution is 2.26. The zero-order valence-corrected chi connectivity index (χ0v) is 17.5. The number of nitrogens with one attached hydrogen (secondary N) is 1. The average molecular weight is 458 g/mol. The van der Waals surface area contributed by atoms with E-state index in [1.54, 1.807) is 25.3 Å². The second-order valence-electron chi connectivity index (χ2n) is 6.40. The van der Waals surface area contributed by atoms with Gasteiger partial charge in [-0.1, -0.05) is 11.6 Å². The summed E-state index contributed by atoms with van der Waals surface area (Å²) in [5.74, 6) is -0.366. The van der Waals surface area contributed by atoms with Crippen LogP contribution in [0.15, 0.2) is 49.2 Å². The van der Waals surface area contributed by atoms with Crippen LogP contribution in [0.2, 0.25) is 5.02 Å². The van der Waals surface area contributed by atoms with Crippen molar-refractivity contribution in [3.63, 3.8) is 0 Å². The molecule has 0 unspecified atom stereocenters. The Balaban J connectivity index is 1.62. The number of pyridine rings is 2. The summed E-state index contributed by atoms with van der Waals surface area (Å²) in [6, 6.07) is 5.91. The number of hydrogen-bond acceptors (Lipinski definition) is 8. The SMILES string of the molecule is CCOC[C@H](Oc1ncnc2c1cnn2-c1ncccc1Cl)C(=O)Nc1ccc(F)cn1. The van der Waals surface area contributed by atoms with Gasteiger partial charge < -0.3 is 14.8 Å². The molecule has 0 aromatic carbocycles. The van der Waals surface area contributed by atoms with Crippen molar-refractivity contribution in [2.24, 2.45) is 0 Å². The van der Waals surface area contributed by atoms with Crippen LogP contribution in [0.1, 0.15) is 6.92 Å². The van der Waals surface area contributed by atoms with E-state index in [1.165, 1.54) is 29.3 Å². The highest BCUT2D eigenvalue weighted by atomic mass is 35.5. The van der Waals surface area contributed by atoms with Crippen molar-refractivity contribution in [2.45, 2.75) is 13.0 Å². The minimum atomic E-state index is -1.07. The highest BCUT2D eigenvalue weighted by Gasteiger charge is 2.24. The lowest BCUT2D eigenvalue weighted by atomic mass is 10.3. The van der Waals surface area contributed by atoms with E-state index < -0.39 is 17.8 Å². The molecule has 0 saturated heterocycles. The van der Waals surface area contributed by atoms with Gasteiger partial charge in [0, 0.05) is 12.8 Å². The van der Waals surface area contributed by atoms with E-state index in [2.05, 4.69) is 30.4 Å². The molecule has 0 radical (unpaired) electrons. The fourth-order valence-corrected chi connectivity index (χ4v) is 2.99. The van der Waals surface area contributed by atoms with Crippen LogP contribution >= 0.6 is 11.6 Å². The molecule has 0 aliphatic carbocycles. The van der Waals surface area contributed by atoms with Crippen molar-refractivity contribution in [3.8, 4) is 11.7 Å². The number of rotatable bonds is 8. The fourth-order valence-electron chi connectivity index (χ4n) is 2.78. The quantitative estimate of drug-likeness (QED) is 0.429. The molecule has 32 heavy (non-hydrogen) atoms. The average Bonchev–Trinajstić information content (AvgIpc) is 3.23. The molecule has 0 fully saturated rings. The summed E-state index contributed by atoms with van der Waals surface area (Å²) in [7, 11) is 0. The first kappa shape index (κ1) is 21.5. The summed E-state index contributed by atoms with van der Waals surface area (Å²) in [5.41, 5.74) is 0.395. The van der Waals surface area contributed by atoms with Crippen molar-refractivity contribution in [2.75, 3.05) is 18.5 Å². The molecular formula is C20H17ClFN7O3. The lowest BCUT2D eigenvalue weighted by Crippen LogP contribution is -2.37. The molecule has 0 saturated carbocycles. The third-order valence-corrected chi connectivity index (χ3v) is 4.56. The Hall–Kier alpha value is -3.70. The number of nitrogens with zero attached hydrogens (tertiary/aromatic N) is 6. The molecule has 4 aromatic rings. The maximum atomic E-state index is 13.1. The van der Waals surface area contributed by atoms with Crippen molar-refractivity contribution in [3.05, 3.63) is 60.0 Å². The molecule has 0 bridgehead atoms. The van der Waals surface area contributed by atoms with E-state index in [0.29, 0.717) is 28.5 Å². The number of amides is 1. The number of fused-ring (bicyclic) bond motifs is 1. The Morgan fingerprint density at radius 2 is 2.09 bits per heavy atom. The van der Waals surface area contributed by atoms with Gasteiger partial charge in [-0.2, -0.15) is 9.78 Å². The number of carbonyl (C=O) groups is 1. The van der Waals surface area contributed by atoms with Gasteiger partial charge >= 0.3 is 0 Å². The van der Waals surface area contributed by atoms with Crippen molar-refractivity contribution >= 4 is 34.4 Å². The molecular weight excluding hydrogens is 441 g/mol. The topological polar surface area (TPSA) is 117 Å². The largest absolute Gasteiger partial charge is 0.461 e. The molecule has 164 valence electrons. The van der Waals surface area contributed by atoms with E-state index in [-0.39, 0.29) is 18.3 Å². The Labute approximate surface area is 186 Å². The number of ether oxygens (including phenoxy) is 2. The Bertz CT molecular complexity index is 1240. The number of hydrogen-bond donors (Lipinski definition) is 1. The summed E-state index contributed by atoms with van der Waals surface area (Å²) in [5, 5.41) is 7.69. The van der Waals surface area contributed by atoms with Crippen molar-refractivity contribution in [1.29, 1.82) is 0 Å². The van der Waals surface area contributed by atoms with E-state index >= 15 is 0 Å². The van der Waals surface area contributed by atoms with Gasteiger partial charge in [-0.3, -0.25) is 4.79 Å². The minimum absolute atomic E-state index is 0.0464. The summed E-state index contributed by atoms with van der Waals surface area (Å²) < 4.78 is 25.8. The van der Waals surface area contributed by atoms with Crippen LogP contribution in [0.25, 0.3) is 16.9 Å². The third kappa shape index (κ3) is 4.63. The van der Waals surface area contributed by atoms with Crippen LogP contribution in [-0.4, -0.2) is 54.9 Å². The second-order valence-corrected chi connectivity index (χ2v) is 6.81. The Morgan fingerprint density at radius 1 is 1.22 bits per heavy atom. The third-order valence-electron chi connectivity index (χ3n) is 4.27. The summed E-state index contributed by atoms with van der Waals surface area (Å²) in [6.45, 7) is 2.12. The number of anilines is 1. The van der Waals surface area contributed by atoms with Gasteiger partial charge in [0.2, 0.25) is 12.0 Å².